The van der Waals surface area contributed by atoms with Crippen LogP contribution in [0.15, 0.2) is 66.7 Å². The van der Waals surface area contributed by atoms with Crippen LogP contribution in [0.2, 0.25) is 0 Å². The van der Waals surface area contributed by atoms with Gasteiger partial charge in [-0.15, -0.1) is 0 Å². The van der Waals surface area contributed by atoms with Crippen LogP contribution in [0.4, 0.5) is 0 Å². The van der Waals surface area contributed by atoms with Gasteiger partial charge in [0.1, 0.15) is 0 Å². The van der Waals surface area contributed by atoms with Crippen LogP contribution in [0, 0.1) is 0 Å². The van der Waals surface area contributed by atoms with Gasteiger partial charge < -0.3 is 0 Å². The Morgan fingerprint density at radius 1 is 0.600 bits per heavy atom. The van der Waals surface area contributed by atoms with Crippen LogP contribution in [0.3, 0.4) is 0 Å². The maximum absolute atomic E-state index is 11.4. The summed E-state index contributed by atoms with van der Waals surface area (Å²) in [5.41, 5.74) is 0.754. The van der Waals surface area contributed by atoms with Gasteiger partial charge in [-0.1, -0.05) is 60.7 Å². The minimum absolute atomic E-state index is 0.754. The highest BCUT2D eigenvalue weighted by Crippen LogP contribution is 2.32. The molecule has 0 N–H and O–H groups in total. The van der Waals surface area contributed by atoms with E-state index in [4.69, 9.17) is 0 Å². The zero-order valence-electron chi connectivity index (χ0n) is 10.8. The Balaban J connectivity index is 2.34. The van der Waals surface area contributed by atoms with E-state index in [9.17, 15) is 4.79 Å². The highest BCUT2D eigenvalue weighted by molar-refractivity contribution is 6.20. The summed E-state index contributed by atoms with van der Waals surface area (Å²) in [6, 6.07) is 22.7. The maximum atomic E-state index is 11.4. The lowest BCUT2D eigenvalue weighted by atomic mass is 9.94. The van der Waals surface area contributed by atoms with Gasteiger partial charge in [0, 0.05) is 5.56 Å². The first kappa shape index (κ1) is 11.2. The molecule has 0 saturated heterocycles. The standard InChI is InChI=1S/C19H12O/c20-12-14-11-19-15-6-2-1-5-13(15)9-10-18(19)17-8-4-3-7-16(14)17/h1-12H. The third-order valence-electron chi connectivity index (χ3n) is 3.93. The summed E-state index contributed by atoms with van der Waals surface area (Å²) in [5.74, 6) is 0. The van der Waals surface area contributed by atoms with Crippen molar-refractivity contribution in [3.8, 4) is 0 Å². The lowest BCUT2D eigenvalue weighted by molar-refractivity contribution is 0.112. The minimum Gasteiger partial charge on any atom is -0.298 e. The van der Waals surface area contributed by atoms with E-state index in [2.05, 4.69) is 30.3 Å². The Morgan fingerprint density at radius 3 is 2.05 bits per heavy atom. The Morgan fingerprint density at radius 2 is 1.25 bits per heavy atom. The molecule has 0 heterocycles. The Hall–Kier alpha value is -2.67. The van der Waals surface area contributed by atoms with Crippen molar-refractivity contribution in [2.75, 3.05) is 0 Å². The van der Waals surface area contributed by atoms with Crippen molar-refractivity contribution >= 4 is 38.6 Å². The zero-order valence-corrected chi connectivity index (χ0v) is 10.8. The highest BCUT2D eigenvalue weighted by Gasteiger charge is 2.07. The van der Waals surface area contributed by atoms with Gasteiger partial charge >= 0.3 is 0 Å². The minimum atomic E-state index is 0.754. The van der Waals surface area contributed by atoms with Crippen LogP contribution in [0.25, 0.3) is 32.3 Å². The molecule has 0 saturated carbocycles. The zero-order chi connectivity index (χ0) is 13.5. The van der Waals surface area contributed by atoms with Crippen molar-refractivity contribution in [2.45, 2.75) is 0 Å². The first-order valence-corrected chi connectivity index (χ1v) is 6.67. The molecule has 0 atom stereocenters. The van der Waals surface area contributed by atoms with Gasteiger partial charge in [0.05, 0.1) is 0 Å². The summed E-state index contributed by atoms with van der Waals surface area (Å²) in [7, 11) is 0. The molecule has 0 aliphatic rings. The molecule has 1 heteroatoms. The lowest BCUT2D eigenvalue weighted by Gasteiger charge is -2.09. The third kappa shape index (κ3) is 1.47. The Labute approximate surface area is 116 Å². The fourth-order valence-corrected chi connectivity index (χ4v) is 2.99. The molecule has 4 rings (SSSR count). The fraction of sp³-hybridized carbons (Fsp3) is 0. The molecule has 0 spiro atoms. The molecule has 0 amide bonds. The van der Waals surface area contributed by atoms with Crippen molar-refractivity contribution in [2.24, 2.45) is 0 Å². The molecule has 0 radical (unpaired) electrons. The van der Waals surface area contributed by atoms with Crippen molar-refractivity contribution in [3.05, 3.63) is 72.3 Å². The number of fused-ring (bicyclic) bond motifs is 5. The van der Waals surface area contributed by atoms with Crippen LogP contribution >= 0.6 is 0 Å². The number of hydrogen-bond donors (Lipinski definition) is 0. The third-order valence-corrected chi connectivity index (χ3v) is 3.93. The summed E-state index contributed by atoms with van der Waals surface area (Å²) >= 11 is 0. The van der Waals surface area contributed by atoms with E-state index in [1.165, 1.54) is 16.2 Å². The first-order chi connectivity index (χ1) is 9.88. The molecule has 0 fully saturated rings. The van der Waals surface area contributed by atoms with Crippen LogP contribution < -0.4 is 0 Å². The predicted octanol–water partition coefficient (Wildman–Crippen LogP) is 4.96. The quantitative estimate of drug-likeness (QED) is 0.347. The summed E-state index contributed by atoms with van der Waals surface area (Å²) in [6.45, 7) is 0. The van der Waals surface area contributed by atoms with E-state index in [-0.39, 0.29) is 0 Å². The fourth-order valence-electron chi connectivity index (χ4n) is 2.99. The number of aldehydes is 1. The second-order valence-corrected chi connectivity index (χ2v) is 5.01. The van der Waals surface area contributed by atoms with E-state index in [0.717, 1.165) is 28.0 Å². The average molecular weight is 256 g/mol. The summed E-state index contributed by atoms with van der Waals surface area (Å²) in [6.07, 6.45) is 0.948. The molecular formula is C19H12O. The van der Waals surface area contributed by atoms with E-state index < -0.39 is 0 Å². The van der Waals surface area contributed by atoms with Crippen molar-refractivity contribution in [1.29, 1.82) is 0 Å². The van der Waals surface area contributed by atoms with Crippen LogP contribution in [-0.2, 0) is 0 Å². The number of carbonyl (C=O) groups excluding carboxylic acids is 1. The molecule has 4 aromatic rings. The van der Waals surface area contributed by atoms with Gasteiger partial charge in [-0.25, -0.2) is 0 Å². The molecule has 20 heavy (non-hydrogen) atoms. The van der Waals surface area contributed by atoms with Gasteiger partial charge in [0.25, 0.3) is 0 Å². The van der Waals surface area contributed by atoms with Gasteiger partial charge in [-0.3, -0.25) is 4.79 Å². The molecule has 0 aliphatic heterocycles. The summed E-state index contributed by atoms with van der Waals surface area (Å²) in [4.78, 5) is 11.4. The Kier molecular flexibility index (Phi) is 2.33. The van der Waals surface area contributed by atoms with Crippen molar-refractivity contribution in [3.63, 3.8) is 0 Å². The highest BCUT2D eigenvalue weighted by atomic mass is 16.1. The first-order valence-electron chi connectivity index (χ1n) is 6.67. The molecule has 0 bridgehead atoms. The second-order valence-electron chi connectivity index (χ2n) is 5.01. The second kappa shape index (κ2) is 4.17. The van der Waals surface area contributed by atoms with Crippen LogP contribution in [-0.4, -0.2) is 6.29 Å². The van der Waals surface area contributed by atoms with Gasteiger partial charge in [0.15, 0.2) is 6.29 Å². The maximum Gasteiger partial charge on any atom is 0.150 e. The van der Waals surface area contributed by atoms with Gasteiger partial charge in [-0.05, 0) is 38.4 Å². The smallest absolute Gasteiger partial charge is 0.150 e. The van der Waals surface area contributed by atoms with E-state index in [1.807, 2.05) is 36.4 Å². The number of hydrogen-bond acceptors (Lipinski definition) is 1. The summed E-state index contributed by atoms with van der Waals surface area (Å²) in [5, 5.41) is 6.89. The topological polar surface area (TPSA) is 17.1 Å². The monoisotopic (exact) mass is 256 g/mol. The van der Waals surface area contributed by atoms with E-state index >= 15 is 0 Å². The van der Waals surface area contributed by atoms with Gasteiger partial charge in [-0.2, -0.15) is 0 Å². The molecule has 0 aliphatic carbocycles. The molecule has 0 unspecified atom stereocenters. The largest absolute Gasteiger partial charge is 0.298 e. The van der Waals surface area contributed by atoms with Crippen molar-refractivity contribution in [1.82, 2.24) is 0 Å². The van der Waals surface area contributed by atoms with E-state index in [0.29, 0.717) is 0 Å². The Bertz CT molecular complexity index is 967. The van der Waals surface area contributed by atoms with Gasteiger partial charge in [0.2, 0.25) is 0 Å². The molecule has 1 nitrogen and oxygen atoms in total. The predicted molar refractivity (Wildman–Crippen MR) is 84.3 cm³/mol. The molecular weight excluding hydrogens is 244 g/mol. The number of rotatable bonds is 1. The average Bonchev–Trinajstić information content (AvgIpc) is 2.53. The number of carbonyl (C=O) groups is 1. The molecule has 94 valence electrons. The normalized spacial score (nSPS) is 11.2. The molecule has 4 aromatic carbocycles. The molecule has 0 aromatic heterocycles. The number of benzene rings is 4. The van der Waals surface area contributed by atoms with Crippen molar-refractivity contribution < 1.29 is 4.79 Å². The van der Waals surface area contributed by atoms with E-state index in [1.54, 1.807) is 0 Å². The van der Waals surface area contributed by atoms with Crippen LogP contribution in [0.1, 0.15) is 10.4 Å². The van der Waals surface area contributed by atoms with Crippen LogP contribution in [0.5, 0.6) is 0 Å². The lowest BCUT2D eigenvalue weighted by Crippen LogP contribution is -1.87. The summed E-state index contributed by atoms with van der Waals surface area (Å²) < 4.78 is 0. The SMILES string of the molecule is O=Cc1cc2c3ccccc3ccc2c2ccccc12.